The topological polar surface area (TPSA) is 65.0 Å². The Kier molecular flexibility index (Phi) is 5.19. The van der Waals surface area contributed by atoms with Crippen molar-refractivity contribution in [3.63, 3.8) is 0 Å². The molecule has 0 aliphatic heterocycles. The average molecular weight is 315 g/mol. The van der Waals surface area contributed by atoms with Crippen molar-refractivity contribution < 1.29 is 23.5 Å². The number of hydrogen-bond donors (Lipinski definition) is 0. The third-order valence-electron chi connectivity index (χ3n) is 3.10. The fourth-order valence-electron chi connectivity index (χ4n) is 1.97. The van der Waals surface area contributed by atoms with Gasteiger partial charge in [0.2, 0.25) is 0 Å². The van der Waals surface area contributed by atoms with Crippen molar-refractivity contribution in [2.75, 3.05) is 14.2 Å². The van der Waals surface area contributed by atoms with E-state index >= 15 is 0 Å². The minimum Gasteiger partial charge on any atom is -0.465 e. The fraction of sp³-hybridized carbons (Fsp3) is 0.118. The molecule has 0 unspecified atom stereocenters. The first-order valence-electron chi connectivity index (χ1n) is 6.66. The molecular formula is C17H14FNO4. The van der Waals surface area contributed by atoms with Gasteiger partial charge in [-0.1, -0.05) is 18.2 Å². The lowest BCUT2D eigenvalue weighted by Crippen LogP contribution is -2.12. The van der Waals surface area contributed by atoms with E-state index in [-0.39, 0.29) is 22.4 Å². The molecule has 118 valence electrons. The van der Waals surface area contributed by atoms with Crippen LogP contribution in [0.15, 0.2) is 47.5 Å². The molecule has 0 radical (unpaired) electrons. The molecule has 0 saturated heterocycles. The molecule has 0 aromatic heterocycles. The molecule has 0 N–H and O–H groups in total. The van der Waals surface area contributed by atoms with Crippen molar-refractivity contribution in [2.45, 2.75) is 0 Å². The molecular weight excluding hydrogens is 301 g/mol. The highest BCUT2D eigenvalue weighted by Crippen LogP contribution is 2.19. The lowest BCUT2D eigenvalue weighted by molar-refractivity contribution is 0.0599. The monoisotopic (exact) mass is 315 g/mol. The second kappa shape index (κ2) is 7.31. The van der Waals surface area contributed by atoms with E-state index in [4.69, 9.17) is 9.47 Å². The van der Waals surface area contributed by atoms with Gasteiger partial charge in [-0.05, 0) is 24.3 Å². The molecule has 0 bridgehead atoms. The molecule has 5 nitrogen and oxygen atoms in total. The van der Waals surface area contributed by atoms with Crippen molar-refractivity contribution in [1.82, 2.24) is 0 Å². The van der Waals surface area contributed by atoms with E-state index in [2.05, 4.69) is 4.99 Å². The molecule has 0 spiro atoms. The molecule has 0 aliphatic carbocycles. The molecule has 2 aromatic carbocycles. The minimum atomic E-state index is -0.634. The number of hydrogen-bond acceptors (Lipinski definition) is 5. The lowest BCUT2D eigenvalue weighted by Gasteiger charge is -2.08. The van der Waals surface area contributed by atoms with Gasteiger partial charge in [0.05, 0.1) is 31.0 Å². The molecule has 2 aromatic rings. The largest absolute Gasteiger partial charge is 0.465 e. The smallest absolute Gasteiger partial charge is 0.338 e. The molecule has 0 amide bonds. The Morgan fingerprint density at radius 3 is 2.04 bits per heavy atom. The SMILES string of the molecule is COC(=O)c1cccc(C(=O)OC)c1C=Nc1ccccc1F. The third-order valence-corrected chi connectivity index (χ3v) is 3.10. The summed E-state index contributed by atoms with van der Waals surface area (Å²) in [6.07, 6.45) is 1.25. The zero-order valence-electron chi connectivity index (χ0n) is 12.6. The number of ether oxygens (including phenoxy) is 2. The van der Waals surface area contributed by atoms with Gasteiger partial charge in [-0.2, -0.15) is 0 Å². The number of halogens is 1. The van der Waals surface area contributed by atoms with E-state index in [0.29, 0.717) is 0 Å². The molecule has 0 fully saturated rings. The van der Waals surface area contributed by atoms with Gasteiger partial charge in [0.1, 0.15) is 5.82 Å². The first kappa shape index (κ1) is 16.4. The minimum absolute atomic E-state index is 0.0861. The molecule has 23 heavy (non-hydrogen) atoms. The maximum Gasteiger partial charge on any atom is 0.338 e. The van der Waals surface area contributed by atoms with Crippen LogP contribution in [-0.2, 0) is 9.47 Å². The number of nitrogens with zero attached hydrogens (tertiary/aromatic N) is 1. The van der Waals surface area contributed by atoms with Crippen LogP contribution in [0.5, 0.6) is 0 Å². The molecule has 0 saturated carbocycles. The lowest BCUT2D eigenvalue weighted by atomic mass is 10.0. The van der Waals surface area contributed by atoms with Crippen molar-refractivity contribution in [3.8, 4) is 0 Å². The van der Waals surface area contributed by atoms with Crippen LogP contribution < -0.4 is 0 Å². The number of carbonyl (C=O) groups excluding carboxylic acids is 2. The van der Waals surface area contributed by atoms with Gasteiger partial charge in [0, 0.05) is 11.8 Å². The van der Waals surface area contributed by atoms with Gasteiger partial charge < -0.3 is 9.47 Å². The Hall–Kier alpha value is -3.02. The predicted octanol–water partition coefficient (Wildman–Crippen LogP) is 3.15. The van der Waals surface area contributed by atoms with E-state index in [1.807, 2.05) is 0 Å². The Morgan fingerprint density at radius 1 is 0.957 bits per heavy atom. The maximum atomic E-state index is 13.6. The number of rotatable bonds is 4. The van der Waals surface area contributed by atoms with Crippen molar-refractivity contribution in [2.24, 2.45) is 4.99 Å². The summed E-state index contributed by atoms with van der Waals surface area (Å²) in [6, 6.07) is 10.4. The van der Waals surface area contributed by atoms with E-state index in [0.717, 1.165) is 0 Å². The molecule has 2 rings (SSSR count). The standard InChI is InChI=1S/C17H14FNO4/c1-22-16(20)11-6-5-7-12(17(21)23-2)13(11)10-19-15-9-4-3-8-14(15)18/h3-10H,1-2H3. The van der Waals surface area contributed by atoms with Crippen LogP contribution in [0.4, 0.5) is 10.1 Å². The zero-order valence-corrected chi connectivity index (χ0v) is 12.6. The number of benzene rings is 2. The summed E-state index contributed by atoms with van der Waals surface area (Å²) in [6.45, 7) is 0. The highest BCUT2D eigenvalue weighted by Gasteiger charge is 2.18. The van der Waals surface area contributed by atoms with Crippen LogP contribution in [0.25, 0.3) is 0 Å². The highest BCUT2D eigenvalue weighted by molar-refractivity contribution is 6.07. The van der Waals surface area contributed by atoms with E-state index in [9.17, 15) is 14.0 Å². The zero-order chi connectivity index (χ0) is 16.8. The molecule has 0 atom stereocenters. The number of esters is 2. The summed E-state index contributed by atoms with van der Waals surface area (Å²) in [7, 11) is 2.45. The number of carbonyl (C=O) groups is 2. The molecule has 0 heterocycles. The van der Waals surface area contributed by atoms with Gasteiger partial charge in [0.15, 0.2) is 0 Å². The number of para-hydroxylation sites is 1. The van der Waals surface area contributed by atoms with Crippen LogP contribution in [0.3, 0.4) is 0 Å². The van der Waals surface area contributed by atoms with E-state index in [1.165, 1.54) is 56.8 Å². The highest BCUT2D eigenvalue weighted by atomic mass is 19.1. The number of aliphatic imine (C=N–C) groups is 1. The summed E-state index contributed by atoms with van der Waals surface area (Å²) in [5.41, 5.74) is 0.559. The van der Waals surface area contributed by atoms with Gasteiger partial charge in [-0.15, -0.1) is 0 Å². The van der Waals surface area contributed by atoms with Crippen molar-refractivity contribution in [3.05, 3.63) is 65.0 Å². The van der Waals surface area contributed by atoms with E-state index in [1.54, 1.807) is 6.07 Å². The second-order valence-corrected chi connectivity index (χ2v) is 4.46. The molecule has 0 aliphatic rings. The van der Waals surface area contributed by atoms with Crippen LogP contribution in [-0.4, -0.2) is 32.4 Å². The van der Waals surface area contributed by atoms with Gasteiger partial charge >= 0.3 is 11.9 Å². The van der Waals surface area contributed by atoms with Crippen LogP contribution in [0, 0.1) is 5.82 Å². The van der Waals surface area contributed by atoms with E-state index < -0.39 is 17.8 Å². The summed E-state index contributed by atoms with van der Waals surface area (Å²) in [5, 5.41) is 0. The van der Waals surface area contributed by atoms with Gasteiger partial charge in [-0.3, -0.25) is 4.99 Å². The quantitative estimate of drug-likeness (QED) is 0.642. The van der Waals surface area contributed by atoms with Crippen LogP contribution in [0.1, 0.15) is 26.3 Å². The summed E-state index contributed by atoms with van der Waals surface area (Å²) in [5.74, 6) is -1.78. The van der Waals surface area contributed by atoms with Crippen molar-refractivity contribution >= 4 is 23.8 Å². The number of methoxy groups -OCH3 is 2. The Morgan fingerprint density at radius 2 is 1.52 bits per heavy atom. The molecule has 6 heteroatoms. The first-order valence-corrected chi connectivity index (χ1v) is 6.66. The fourth-order valence-corrected chi connectivity index (χ4v) is 1.97. The predicted molar refractivity (Wildman–Crippen MR) is 82.8 cm³/mol. The third kappa shape index (κ3) is 3.60. The summed E-state index contributed by atoms with van der Waals surface area (Å²) >= 11 is 0. The van der Waals surface area contributed by atoms with Crippen molar-refractivity contribution in [1.29, 1.82) is 0 Å². The summed E-state index contributed by atoms with van der Waals surface area (Å²) in [4.78, 5) is 27.7. The normalized spacial score (nSPS) is 10.6. The van der Waals surface area contributed by atoms with Crippen LogP contribution >= 0.6 is 0 Å². The first-order chi connectivity index (χ1) is 11.1. The average Bonchev–Trinajstić information content (AvgIpc) is 2.59. The Labute approximate surface area is 132 Å². The van der Waals surface area contributed by atoms with Gasteiger partial charge in [-0.25, -0.2) is 14.0 Å². The van der Waals surface area contributed by atoms with Gasteiger partial charge in [0.25, 0.3) is 0 Å². The second-order valence-electron chi connectivity index (χ2n) is 4.46. The Bertz CT molecular complexity index is 737. The van der Waals surface area contributed by atoms with Crippen LogP contribution in [0.2, 0.25) is 0 Å². The Balaban J connectivity index is 2.56. The maximum absolute atomic E-state index is 13.6. The summed E-state index contributed by atoms with van der Waals surface area (Å²) < 4.78 is 23.0.